The molecule has 2 rings (SSSR count). The van der Waals surface area contributed by atoms with Gasteiger partial charge >= 0.3 is 0 Å². The highest BCUT2D eigenvalue weighted by molar-refractivity contribution is 6.10. The predicted molar refractivity (Wildman–Crippen MR) is 65.0 cm³/mol. The van der Waals surface area contributed by atoms with Gasteiger partial charge in [-0.1, -0.05) is 30.3 Å². The minimum absolute atomic E-state index is 0.180. The smallest absolute Gasteiger partial charge is 0.244 e. The molecule has 0 bridgehead atoms. The van der Waals surface area contributed by atoms with Crippen molar-refractivity contribution in [1.29, 1.82) is 0 Å². The van der Waals surface area contributed by atoms with Gasteiger partial charge in [-0.3, -0.25) is 4.79 Å². The molecule has 0 atom stereocenters. The molecule has 18 heavy (non-hydrogen) atoms. The Morgan fingerprint density at radius 2 is 1.78 bits per heavy atom. The number of benzene rings is 1. The average molecular weight is 244 g/mol. The van der Waals surface area contributed by atoms with Gasteiger partial charge in [0.25, 0.3) is 0 Å². The molecular weight excluding hydrogens is 232 g/mol. The van der Waals surface area contributed by atoms with Crippen LogP contribution in [0.2, 0.25) is 0 Å². The number of carbonyl (C=O) groups is 1. The summed E-state index contributed by atoms with van der Waals surface area (Å²) < 4.78 is 10.00. The van der Waals surface area contributed by atoms with E-state index in [0.717, 1.165) is 0 Å². The van der Waals surface area contributed by atoms with Crippen molar-refractivity contribution in [2.75, 3.05) is 14.2 Å². The molecule has 0 aliphatic carbocycles. The summed E-state index contributed by atoms with van der Waals surface area (Å²) in [6.45, 7) is 0. The lowest BCUT2D eigenvalue weighted by molar-refractivity contribution is 0.103. The fraction of sp³-hybridized carbons (Fsp3) is 0.154. The Morgan fingerprint density at radius 1 is 1.06 bits per heavy atom. The Kier molecular flexibility index (Phi) is 3.52. The third-order valence-corrected chi connectivity index (χ3v) is 2.42. The number of methoxy groups -OCH3 is 2. The number of hydrogen-bond acceptors (Lipinski definition) is 5. The molecule has 0 aliphatic heterocycles. The Labute approximate surface area is 104 Å². The lowest BCUT2D eigenvalue weighted by Gasteiger charge is -2.07. The summed E-state index contributed by atoms with van der Waals surface area (Å²) in [6, 6.07) is 10.4. The molecule has 92 valence electrons. The number of aromatic nitrogens is 2. The van der Waals surface area contributed by atoms with Gasteiger partial charge in [-0.25, -0.2) is 0 Å². The number of ether oxygens (including phenoxy) is 2. The molecule has 0 aliphatic rings. The SMILES string of the molecule is COc1cc(C(=O)c2ccccc2)c(OC)nn1. The molecule has 0 saturated carbocycles. The first-order chi connectivity index (χ1) is 8.76. The van der Waals surface area contributed by atoms with Crippen LogP contribution in [0.25, 0.3) is 0 Å². The Bertz CT molecular complexity index is 555. The third-order valence-electron chi connectivity index (χ3n) is 2.42. The first kappa shape index (κ1) is 12.0. The Morgan fingerprint density at radius 3 is 2.39 bits per heavy atom. The maximum atomic E-state index is 12.3. The van der Waals surface area contributed by atoms with Crippen molar-refractivity contribution in [3.63, 3.8) is 0 Å². The zero-order valence-corrected chi connectivity index (χ0v) is 10.1. The van der Waals surface area contributed by atoms with E-state index in [1.807, 2.05) is 6.07 Å². The highest BCUT2D eigenvalue weighted by Gasteiger charge is 2.17. The topological polar surface area (TPSA) is 61.3 Å². The quantitative estimate of drug-likeness (QED) is 0.766. The number of carbonyl (C=O) groups excluding carboxylic acids is 1. The lowest BCUT2D eigenvalue weighted by Crippen LogP contribution is -2.07. The summed E-state index contributed by atoms with van der Waals surface area (Å²) in [7, 11) is 2.91. The molecular formula is C13H12N2O3. The van der Waals surface area contributed by atoms with Crippen LogP contribution in [0, 0.1) is 0 Å². The van der Waals surface area contributed by atoms with Crippen molar-refractivity contribution in [2.45, 2.75) is 0 Å². The Balaban J connectivity index is 2.46. The maximum absolute atomic E-state index is 12.3. The van der Waals surface area contributed by atoms with E-state index >= 15 is 0 Å². The maximum Gasteiger partial charge on any atom is 0.244 e. The van der Waals surface area contributed by atoms with Gasteiger partial charge in [0.2, 0.25) is 11.8 Å². The van der Waals surface area contributed by atoms with Gasteiger partial charge in [0.15, 0.2) is 5.78 Å². The highest BCUT2D eigenvalue weighted by Crippen LogP contribution is 2.21. The first-order valence-corrected chi connectivity index (χ1v) is 5.31. The zero-order chi connectivity index (χ0) is 13.0. The average Bonchev–Trinajstić information content (AvgIpc) is 2.46. The summed E-state index contributed by atoms with van der Waals surface area (Å²) in [5.41, 5.74) is 0.890. The van der Waals surface area contributed by atoms with E-state index in [9.17, 15) is 4.79 Å². The van der Waals surface area contributed by atoms with Gasteiger partial charge in [-0.05, 0) is 0 Å². The van der Waals surface area contributed by atoms with Crippen molar-refractivity contribution < 1.29 is 14.3 Å². The second-order valence-corrected chi connectivity index (χ2v) is 3.50. The summed E-state index contributed by atoms with van der Waals surface area (Å²) in [4.78, 5) is 12.3. The van der Waals surface area contributed by atoms with Crippen LogP contribution in [0.4, 0.5) is 0 Å². The van der Waals surface area contributed by atoms with Crippen LogP contribution in [0.15, 0.2) is 36.4 Å². The number of ketones is 1. The molecule has 0 amide bonds. The van der Waals surface area contributed by atoms with Gasteiger partial charge in [-0.15, -0.1) is 10.2 Å². The molecule has 2 aromatic rings. The van der Waals surface area contributed by atoms with Crippen LogP contribution in [0.3, 0.4) is 0 Å². The predicted octanol–water partition coefficient (Wildman–Crippen LogP) is 1.72. The first-order valence-electron chi connectivity index (χ1n) is 5.31. The molecule has 1 aromatic heterocycles. The van der Waals surface area contributed by atoms with E-state index in [-0.39, 0.29) is 17.5 Å². The van der Waals surface area contributed by atoms with Crippen LogP contribution >= 0.6 is 0 Å². The standard InChI is InChI=1S/C13H12N2O3/c1-17-11-8-10(13(18-2)15-14-11)12(16)9-6-4-3-5-7-9/h3-8H,1-2H3. The van der Waals surface area contributed by atoms with Gasteiger partial charge in [0, 0.05) is 11.6 Å². The molecule has 5 nitrogen and oxygen atoms in total. The van der Waals surface area contributed by atoms with Gasteiger partial charge in [-0.2, -0.15) is 0 Å². The highest BCUT2D eigenvalue weighted by atomic mass is 16.5. The number of hydrogen-bond donors (Lipinski definition) is 0. The third kappa shape index (κ3) is 2.29. The molecule has 0 spiro atoms. The van der Waals surface area contributed by atoms with Crippen LogP contribution < -0.4 is 9.47 Å². The molecule has 0 N–H and O–H groups in total. The van der Waals surface area contributed by atoms with Crippen molar-refractivity contribution in [3.05, 3.63) is 47.5 Å². The molecule has 1 heterocycles. The molecule has 0 fully saturated rings. The second kappa shape index (κ2) is 5.27. The van der Waals surface area contributed by atoms with Crippen molar-refractivity contribution in [3.8, 4) is 11.8 Å². The van der Waals surface area contributed by atoms with Crippen LogP contribution in [-0.2, 0) is 0 Å². The van der Waals surface area contributed by atoms with E-state index in [4.69, 9.17) is 9.47 Å². The number of nitrogens with zero attached hydrogens (tertiary/aromatic N) is 2. The van der Waals surface area contributed by atoms with E-state index < -0.39 is 0 Å². The van der Waals surface area contributed by atoms with Gasteiger partial charge < -0.3 is 9.47 Å². The van der Waals surface area contributed by atoms with Crippen molar-refractivity contribution in [2.24, 2.45) is 0 Å². The molecule has 0 unspecified atom stereocenters. The van der Waals surface area contributed by atoms with E-state index in [1.54, 1.807) is 24.3 Å². The van der Waals surface area contributed by atoms with Crippen LogP contribution in [0.5, 0.6) is 11.8 Å². The Hall–Kier alpha value is -2.43. The van der Waals surface area contributed by atoms with E-state index in [1.165, 1.54) is 20.3 Å². The van der Waals surface area contributed by atoms with Crippen LogP contribution in [-0.4, -0.2) is 30.2 Å². The summed E-state index contributed by atoms with van der Waals surface area (Å²) in [5.74, 6) is 0.278. The normalized spacial score (nSPS) is 9.89. The van der Waals surface area contributed by atoms with Gasteiger partial charge in [0.1, 0.15) is 0 Å². The largest absolute Gasteiger partial charge is 0.480 e. The molecule has 5 heteroatoms. The van der Waals surface area contributed by atoms with Crippen molar-refractivity contribution >= 4 is 5.78 Å². The lowest BCUT2D eigenvalue weighted by atomic mass is 10.1. The summed E-state index contributed by atoms with van der Waals surface area (Å²) in [6.07, 6.45) is 0. The van der Waals surface area contributed by atoms with E-state index in [0.29, 0.717) is 11.1 Å². The zero-order valence-electron chi connectivity index (χ0n) is 10.1. The summed E-state index contributed by atoms with van der Waals surface area (Å²) in [5, 5.41) is 7.55. The minimum Gasteiger partial charge on any atom is -0.480 e. The number of rotatable bonds is 4. The summed E-state index contributed by atoms with van der Waals surface area (Å²) >= 11 is 0. The fourth-order valence-electron chi connectivity index (χ4n) is 1.52. The molecule has 1 aromatic carbocycles. The molecule has 0 saturated heterocycles. The van der Waals surface area contributed by atoms with Gasteiger partial charge in [0.05, 0.1) is 19.8 Å². The molecule has 0 radical (unpaired) electrons. The fourth-order valence-corrected chi connectivity index (χ4v) is 1.52. The van der Waals surface area contributed by atoms with E-state index in [2.05, 4.69) is 10.2 Å². The monoisotopic (exact) mass is 244 g/mol. The second-order valence-electron chi connectivity index (χ2n) is 3.50. The van der Waals surface area contributed by atoms with Crippen LogP contribution in [0.1, 0.15) is 15.9 Å². The van der Waals surface area contributed by atoms with Crippen molar-refractivity contribution in [1.82, 2.24) is 10.2 Å². The minimum atomic E-state index is -0.180.